The van der Waals surface area contributed by atoms with Crippen molar-refractivity contribution in [3.8, 4) is 0 Å². The molecule has 0 saturated carbocycles. The van der Waals surface area contributed by atoms with Gasteiger partial charge in [0, 0.05) is 23.7 Å². The Balaban J connectivity index is 1.53. The molecule has 0 fully saturated rings. The number of halogens is 3. The highest BCUT2D eigenvalue weighted by Gasteiger charge is 2.38. The van der Waals surface area contributed by atoms with Crippen LogP contribution in [0.25, 0.3) is 0 Å². The average Bonchev–Trinajstić information content (AvgIpc) is 3.21. The molecule has 3 aromatic rings. The number of anilines is 3. The second-order valence-corrected chi connectivity index (χ2v) is 9.82. The van der Waals surface area contributed by atoms with Crippen LogP contribution in [0.15, 0.2) is 64.9 Å². The van der Waals surface area contributed by atoms with E-state index in [-0.39, 0.29) is 10.6 Å². The fourth-order valence-electron chi connectivity index (χ4n) is 3.41. The number of para-hydroxylation sites is 2. The SMILES string of the molecule is O=C(Nc1ccc(S(=O)(=O)Nc2ccccc2N2CCc3sccc3C2)cc1)C(F)(F)F. The molecule has 0 bridgehead atoms. The number of carbonyl (C=O) groups excluding carboxylic acids is 1. The lowest BCUT2D eigenvalue weighted by molar-refractivity contribution is -0.167. The predicted molar refractivity (Wildman–Crippen MR) is 117 cm³/mol. The highest BCUT2D eigenvalue weighted by Crippen LogP contribution is 2.33. The zero-order chi connectivity index (χ0) is 22.9. The quantitative estimate of drug-likeness (QED) is 0.558. The zero-order valence-electron chi connectivity index (χ0n) is 16.5. The van der Waals surface area contributed by atoms with Gasteiger partial charge in [-0.15, -0.1) is 11.3 Å². The molecule has 2 aromatic carbocycles. The first-order valence-corrected chi connectivity index (χ1v) is 11.9. The molecule has 4 rings (SSSR count). The summed E-state index contributed by atoms with van der Waals surface area (Å²) in [5, 5.41) is 3.73. The highest BCUT2D eigenvalue weighted by molar-refractivity contribution is 7.92. The fourth-order valence-corrected chi connectivity index (χ4v) is 5.38. The van der Waals surface area contributed by atoms with Gasteiger partial charge in [-0.2, -0.15) is 13.2 Å². The van der Waals surface area contributed by atoms with Crippen LogP contribution in [0.5, 0.6) is 0 Å². The Morgan fingerprint density at radius 2 is 1.75 bits per heavy atom. The molecule has 0 aliphatic carbocycles. The van der Waals surface area contributed by atoms with Gasteiger partial charge in [0.25, 0.3) is 10.0 Å². The van der Waals surface area contributed by atoms with Crippen LogP contribution in [0.1, 0.15) is 10.4 Å². The molecule has 32 heavy (non-hydrogen) atoms. The standard InChI is InChI=1S/C21H18F3N3O3S2/c22-21(23,24)20(28)25-15-5-7-16(8-6-15)32(29,30)26-17-3-1-2-4-18(17)27-11-9-19-14(13-27)10-12-31-19/h1-8,10,12,26H,9,11,13H2,(H,25,28). The molecule has 11 heteroatoms. The highest BCUT2D eigenvalue weighted by atomic mass is 32.2. The summed E-state index contributed by atoms with van der Waals surface area (Å²) in [6.07, 6.45) is -4.16. The first-order valence-electron chi connectivity index (χ1n) is 9.54. The maximum Gasteiger partial charge on any atom is 0.471 e. The number of sulfonamides is 1. The monoisotopic (exact) mass is 481 g/mol. The van der Waals surface area contributed by atoms with Crippen LogP contribution in [-0.2, 0) is 27.8 Å². The van der Waals surface area contributed by atoms with Crippen LogP contribution in [0.2, 0.25) is 0 Å². The molecule has 6 nitrogen and oxygen atoms in total. The Morgan fingerprint density at radius 3 is 2.47 bits per heavy atom. The third kappa shape index (κ3) is 4.73. The summed E-state index contributed by atoms with van der Waals surface area (Å²) < 4.78 is 65.5. The Hall–Kier alpha value is -3.05. The molecule has 2 heterocycles. The topological polar surface area (TPSA) is 78.5 Å². The lowest BCUT2D eigenvalue weighted by Crippen LogP contribution is -2.30. The summed E-state index contributed by atoms with van der Waals surface area (Å²) in [6, 6.07) is 13.6. The molecule has 0 radical (unpaired) electrons. The van der Waals surface area contributed by atoms with E-state index in [1.54, 1.807) is 28.8 Å². The number of benzene rings is 2. The Labute approximate surface area is 186 Å². The van der Waals surface area contributed by atoms with Crippen LogP contribution in [-0.4, -0.2) is 27.0 Å². The summed E-state index contributed by atoms with van der Waals surface area (Å²) in [4.78, 5) is 14.3. The third-order valence-corrected chi connectivity index (χ3v) is 7.38. The number of amides is 1. The van der Waals surface area contributed by atoms with Crippen LogP contribution in [0.4, 0.5) is 30.2 Å². The van der Waals surface area contributed by atoms with Crippen LogP contribution >= 0.6 is 11.3 Å². The molecule has 0 atom stereocenters. The minimum Gasteiger partial charge on any atom is -0.365 e. The van der Waals surface area contributed by atoms with E-state index in [1.165, 1.54) is 10.4 Å². The Morgan fingerprint density at radius 1 is 1.03 bits per heavy atom. The molecule has 1 aliphatic rings. The van der Waals surface area contributed by atoms with Crippen molar-refractivity contribution in [1.82, 2.24) is 0 Å². The van der Waals surface area contributed by atoms with Crippen LogP contribution in [0, 0.1) is 0 Å². The van der Waals surface area contributed by atoms with E-state index in [9.17, 15) is 26.4 Å². The van der Waals surface area contributed by atoms with Gasteiger partial charge in [-0.25, -0.2) is 8.42 Å². The van der Waals surface area contributed by atoms with E-state index in [1.807, 2.05) is 17.5 Å². The fraction of sp³-hybridized carbons (Fsp3) is 0.190. The third-order valence-electron chi connectivity index (χ3n) is 4.98. The van der Waals surface area contributed by atoms with Gasteiger partial charge in [0.15, 0.2) is 0 Å². The van der Waals surface area contributed by atoms with Gasteiger partial charge in [0.2, 0.25) is 0 Å². The zero-order valence-corrected chi connectivity index (χ0v) is 18.2. The van der Waals surface area contributed by atoms with Crippen molar-refractivity contribution in [2.24, 2.45) is 0 Å². The number of hydrogen-bond donors (Lipinski definition) is 2. The molecule has 0 unspecified atom stereocenters. The van der Waals surface area contributed by atoms with Crippen molar-refractivity contribution in [2.75, 3.05) is 21.5 Å². The number of rotatable bonds is 5. The lowest BCUT2D eigenvalue weighted by Gasteiger charge is -2.30. The van der Waals surface area contributed by atoms with Gasteiger partial charge >= 0.3 is 12.1 Å². The van der Waals surface area contributed by atoms with Gasteiger partial charge in [0.1, 0.15) is 0 Å². The van der Waals surface area contributed by atoms with Crippen molar-refractivity contribution in [2.45, 2.75) is 24.0 Å². The molecule has 1 amide bonds. The lowest BCUT2D eigenvalue weighted by atomic mass is 10.1. The summed E-state index contributed by atoms with van der Waals surface area (Å²) in [5.41, 5.74) is 2.20. The van der Waals surface area contributed by atoms with Gasteiger partial charge in [0.05, 0.1) is 16.3 Å². The largest absolute Gasteiger partial charge is 0.471 e. The van der Waals surface area contributed by atoms with E-state index in [0.29, 0.717) is 12.2 Å². The number of hydrogen-bond acceptors (Lipinski definition) is 5. The van der Waals surface area contributed by atoms with Gasteiger partial charge in [-0.3, -0.25) is 9.52 Å². The minimum atomic E-state index is -5.03. The van der Waals surface area contributed by atoms with Crippen LogP contribution < -0.4 is 14.9 Å². The smallest absolute Gasteiger partial charge is 0.365 e. The number of fused-ring (bicyclic) bond motifs is 1. The molecular weight excluding hydrogens is 463 g/mol. The summed E-state index contributed by atoms with van der Waals surface area (Å²) in [7, 11) is -4.01. The maximum absolute atomic E-state index is 12.9. The van der Waals surface area contributed by atoms with E-state index < -0.39 is 22.1 Å². The molecule has 2 N–H and O–H groups in total. The van der Waals surface area contributed by atoms with Crippen LogP contribution in [0.3, 0.4) is 0 Å². The summed E-state index contributed by atoms with van der Waals surface area (Å²) in [6.45, 7) is 1.42. The van der Waals surface area contributed by atoms with Crippen molar-refractivity contribution in [3.05, 3.63) is 70.4 Å². The number of alkyl halides is 3. The van der Waals surface area contributed by atoms with Crippen molar-refractivity contribution in [1.29, 1.82) is 0 Å². The van der Waals surface area contributed by atoms with E-state index in [2.05, 4.69) is 15.7 Å². The minimum absolute atomic E-state index is 0.143. The molecule has 0 saturated heterocycles. The van der Waals surface area contributed by atoms with Gasteiger partial charge in [-0.1, -0.05) is 12.1 Å². The number of nitrogens with zero attached hydrogens (tertiary/aromatic N) is 1. The number of nitrogens with one attached hydrogen (secondary N) is 2. The van der Waals surface area contributed by atoms with Gasteiger partial charge < -0.3 is 10.2 Å². The molecule has 0 spiro atoms. The van der Waals surface area contributed by atoms with E-state index in [0.717, 1.165) is 42.9 Å². The van der Waals surface area contributed by atoms with E-state index in [4.69, 9.17) is 0 Å². The Bertz CT molecular complexity index is 1240. The summed E-state index contributed by atoms with van der Waals surface area (Å²) in [5.74, 6) is -2.13. The average molecular weight is 482 g/mol. The van der Waals surface area contributed by atoms with Crippen molar-refractivity contribution in [3.63, 3.8) is 0 Å². The number of carbonyl (C=O) groups is 1. The first-order chi connectivity index (χ1) is 15.1. The molecule has 1 aliphatic heterocycles. The Kier molecular flexibility index (Phi) is 5.87. The normalized spacial score (nSPS) is 14.0. The first kappa shape index (κ1) is 22.2. The molecule has 1 aromatic heterocycles. The second kappa shape index (κ2) is 8.47. The molecular formula is C21H18F3N3O3S2. The van der Waals surface area contributed by atoms with E-state index >= 15 is 0 Å². The number of thiophene rings is 1. The van der Waals surface area contributed by atoms with Crippen molar-refractivity contribution >= 4 is 44.3 Å². The van der Waals surface area contributed by atoms with Gasteiger partial charge in [-0.05, 0) is 59.8 Å². The van der Waals surface area contributed by atoms with Crippen molar-refractivity contribution < 1.29 is 26.4 Å². The second-order valence-electron chi connectivity index (χ2n) is 7.14. The predicted octanol–water partition coefficient (Wildman–Crippen LogP) is 4.61. The maximum atomic E-state index is 12.9. The molecule has 168 valence electrons. The summed E-state index contributed by atoms with van der Waals surface area (Å²) >= 11 is 1.71.